The fourth-order valence-electron chi connectivity index (χ4n) is 3.38. The zero-order valence-corrected chi connectivity index (χ0v) is 15.0. The molecule has 2 aromatic rings. The highest BCUT2D eigenvalue weighted by molar-refractivity contribution is 5.36. The second-order valence-electron chi connectivity index (χ2n) is 6.40. The van der Waals surface area contributed by atoms with Crippen LogP contribution in [0, 0.1) is 12.7 Å². The summed E-state index contributed by atoms with van der Waals surface area (Å²) >= 11 is 0. The second-order valence-corrected chi connectivity index (χ2v) is 6.40. The number of halogens is 1. The summed E-state index contributed by atoms with van der Waals surface area (Å²) in [7, 11) is 0. The largest absolute Gasteiger partial charge is 0.207 e. The molecule has 2 aromatic carbocycles. The Bertz CT molecular complexity index is 655. The number of benzene rings is 2. The van der Waals surface area contributed by atoms with E-state index in [1.165, 1.54) is 22.3 Å². The topological polar surface area (TPSA) is 0 Å². The molecular weight excluding hydrogens is 283 g/mol. The van der Waals surface area contributed by atoms with Gasteiger partial charge in [-0.3, -0.25) is 0 Å². The van der Waals surface area contributed by atoms with Crippen molar-refractivity contribution in [1.82, 2.24) is 0 Å². The second kappa shape index (κ2) is 8.29. The average molecular weight is 312 g/mol. The predicted molar refractivity (Wildman–Crippen MR) is 97.7 cm³/mol. The van der Waals surface area contributed by atoms with Crippen molar-refractivity contribution in [1.29, 1.82) is 0 Å². The van der Waals surface area contributed by atoms with E-state index in [1.807, 2.05) is 6.92 Å². The Labute approximate surface area is 140 Å². The fraction of sp³-hybridized carbons (Fsp3) is 0.455. The molecule has 124 valence electrons. The Balaban J connectivity index is 0.000000167. The summed E-state index contributed by atoms with van der Waals surface area (Å²) < 4.78 is 13.2. The molecule has 0 nitrogen and oxygen atoms in total. The first-order chi connectivity index (χ1) is 11.1. The maximum absolute atomic E-state index is 13.2. The van der Waals surface area contributed by atoms with Crippen molar-refractivity contribution in [2.75, 3.05) is 0 Å². The highest BCUT2D eigenvalue weighted by Crippen LogP contribution is 2.25. The van der Waals surface area contributed by atoms with Gasteiger partial charge in [-0.05, 0) is 84.9 Å². The minimum atomic E-state index is -0.00231. The van der Waals surface area contributed by atoms with Gasteiger partial charge in [0.2, 0.25) is 0 Å². The highest BCUT2D eigenvalue weighted by Gasteiger charge is 2.14. The Morgan fingerprint density at radius 1 is 0.870 bits per heavy atom. The lowest BCUT2D eigenvalue weighted by molar-refractivity contribution is 0.611. The summed E-state index contributed by atoms with van der Waals surface area (Å²) in [5, 5.41) is 0. The predicted octanol–water partition coefficient (Wildman–Crippen LogP) is 6.00. The molecule has 0 saturated heterocycles. The first-order valence-electron chi connectivity index (χ1n) is 8.97. The van der Waals surface area contributed by atoms with Gasteiger partial charge in [0.15, 0.2) is 0 Å². The van der Waals surface area contributed by atoms with Gasteiger partial charge in [0.05, 0.1) is 0 Å². The van der Waals surface area contributed by atoms with E-state index in [2.05, 4.69) is 45.0 Å². The average Bonchev–Trinajstić information content (AvgIpc) is 3.03. The van der Waals surface area contributed by atoms with Crippen LogP contribution < -0.4 is 0 Å². The molecule has 0 radical (unpaired) electrons. The van der Waals surface area contributed by atoms with E-state index in [9.17, 15) is 4.39 Å². The van der Waals surface area contributed by atoms with Gasteiger partial charge in [-0.15, -0.1) is 0 Å². The molecule has 0 saturated carbocycles. The lowest BCUT2D eigenvalue weighted by Crippen LogP contribution is -1.92. The van der Waals surface area contributed by atoms with E-state index in [0.29, 0.717) is 0 Å². The van der Waals surface area contributed by atoms with Gasteiger partial charge in [-0.2, -0.15) is 0 Å². The zero-order chi connectivity index (χ0) is 16.8. The summed E-state index contributed by atoms with van der Waals surface area (Å²) in [6, 6.07) is 10.6. The van der Waals surface area contributed by atoms with Crippen molar-refractivity contribution in [2.45, 2.75) is 66.2 Å². The lowest BCUT2D eigenvalue weighted by Gasteiger charge is -2.07. The van der Waals surface area contributed by atoms with Crippen LogP contribution in [0.1, 0.15) is 60.6 Å². The first kappa shape index (κ1) is 17.7. The van der Waals surface area contributed by atoms with Crippen LogP contribution >= 0.6 is 0 Å². The molecule has 0 aromatic heterocycles. The van der Waals surface area contributed by atoms with Crippen LogP contribution in [0.4, 0.5) is 4.39 Å². The highest BCUT2D eigenvalue weighted by atomic mass is 19.1. The minimum Gasteiger partial charge on any atom is -0.207 e. The van der Waals surface area contributed by atoms with Gasteiger partial charge in [-0.25, -0.2) is 4.39 Å². The van der Waals surface area contributed by atoms with E-state index in [4.69, 9.17) is 0 Å². The molecule has 0 aliphatic heterocycles. The number of aryl methyl sites for hydroxylation is 5. The quantitative estimate of drug-likeness (QED) is 0.652. The van der Waals surface area contributed by atoms with Crippen molar-refractivity contribution >= 4 is 0 Å². The Morgan fingerprint density at radius 2 is 1.61 bits per heavy atom. The molecule has 0 spiro atoms. The maximum atomic E-state index is 13.2. The van der Waals surface area contributed by atoms with Crippen LogP contribution in [0.5, 0.6) is 0 Å². The summed E-state index contributed by atoms with van der Waals surface area (Å²) in [5.41, 5.74) is 7.72. The van der Waals surface area contributed by atoms with Gasteiger partial charge in [0.25, 0.3) is 0 Å². The van der Waals surface area contributed by atoms with Crippen LogP contribution in [0.15, 0.2) is 30.3 Å². The third-order valence-corrected chi connectivity index (χ3v) is 4.75. The summed E-state index contributed by atoms with van der Waals surface area (Å²) in [4.78, 5) is 0. The molecule has 0 heterocycles. The van der Waals surface area contributed by atoms with E-state index < -0.39 is 0 Å². The summed E-state index contributed by atoms with van der Waals surface area (Å²) in [6.45, 7) is 8.61. The normalized spacial score (nSPS) is 12.6. The number of fused-ring (bicyclic) bond motifs is 1. The monoisotopic (exact) mass is 312 g/mol. The molecule has 0 amide bonds. The molecule has 0 unspecified atom stereocenters. The summed E-state index contributed by atoms with van der Waals surface area (Å²) in [6.07, 6.45) is 6.59. The van der Waals surface area contributed by atoms with Crippen molar-refractivity contribution in [2.24, 2.45) is 0 Å². The van der Waals surface area contributed by atoms with Crippen LogP contribution in [0.2, 0.25) is 0 Å². The van der Waals surface area contributed by atoms with Gasteiger partial charge in [-0.1, -0.05) is 45.0 Å². The summed E-state index contributed by atoms with van der Waals surface area (Å²) in [5.74, 6) is -0.00231. The Kier molecular flexibility index (Phi) is 6.38. The molecule has 0 bridgehead atoms. The van der Waals surface area contributed by atoms with E-state index in [0.717, 1.165) is 49.7 Å². The van der Waals surface area contributed by atoms with Crippen LogP contribution in [0.3, 0.4) is 0 Å². The van der Waals surface area contributed by atoms with Gasteiger partial charge >= 0.3 is 0 Å². The SMILES string of the molecule is CCc1ccc(CC)c(CC)c1.Cc1cc(F)c2c(c1)CCC2. The van der Waals surface area contributed by atoms with Gasteiger partial charge in [0.1, 0.15) is 5.82 Å². The van der Waals surface area contributed by atoms with Crippen molar-refractivity contribution < 1.29 is 4.39 Å². The smallest absolute Gasteiger partial charge is 0.126 e. The third-order valence-electron chi connectivity index (χ3n) is 4.75. The zero-order valence-electron chi connectivity index (χ0n) is 15.0. The molecule has 1 heteroatoms. The van der Waals surface area contributed by atoms with Gasteiger partial charge < -0.3 is 0 Å². The molecule has 23 heavy (non-hydrogen) atoms. The molecule has 1 aliphatic carbocycles. The third kappa shape index (κ3) is 4.43. The van der Waals surface area contributed by atoms with Crippen molar-refractivity contribution in [3.05, 3.63) is 69.5 Å². The Hall–Kier alpha value is -1.63. The lowest BCUT2D eigenvalue weighted by atomic mass is 9.99. The number of rotatable bonds is 3. The first-order valence-corrected chi connectivity index (χ1v) is 8.97. The van der Waals surface area contributed by atoms with Crippen LogP contribution in [0.25, 0.3) is 0 Å². The standard InChI is InChI=1S/C12H18.C10H11F/c1-4-10-7-8-11(5-2)12(6-3)9-10;1-7-5-8-3-2-4-9(8)10(11)6-7/h7-9H,4-6H2,1-3H3;5-6H,2-4H2,1H3. The molecule has 1 aliphatic rings. The van der Waals surface area contributed by atoms with E-state index in [1.54, 1.807) is 6.07 Å². The number of hydrogen-bond acceptors (Lipinski definition) is 0. The molecular formula is C22H29F. The molecule has 0 atom stereocenters. The maximum Gasteiger partial charge on any atom is 0.126 e. The van der Waals surface area contributed by atoms with E-state index in [-0.39, 0.29) is 5.82 Å². The van der Waals surface area contributed by atoms with E-state index >= 15 is 0 Å². The van der Waals surface area contributed by atoms with Crippen molar-refractivity contribution in [3.63, 3.8) is 0 Å². The van der Waals surface area contributed by atoms with Crippen molar-refractivity contribution in [3.8, 4) is 0 Å². The van der Waals surface area contributed by atoms with Gasteiger partial charge in [0, 0.05) is 0 Å². The minimum absolute atomic E-state index is 0.00231. The molecule has 0 N–H and O–H groups in total. The molecule has 3 rings (SSSR count). The molecule has 0 fully saturated rings. The van der Waals surface area contributed by atoms with Crippen LogP contribution in [-0.2, 0) is 32.1 Å². The Morgan fingerprint density at radius 3 is 2.26 bits per heavy atom. The van der Waals surface area contributed by atoms with Crippen LogP contribution in [-0.4, -0.2) is 0 Å². The fourth-order valence-corrected chi connectivity index (χ4v) is 3.38. The number of hydrogen-bond donors (Lipinski definition) is 0.